The quantitative estimate of drug-likeness (QED) is 0.473. The molecular weight excluding hydrogens is 478 g/mol. The van der Waals surface area contributed by atoms with Gasteiger partial charge in [0, 0.05) is 10.7 Å². The lowest BCUT2D eigenvalue weighted by Gasteiger charge is -2.14. The minimum absolute atomic E-state index is 0.00343. The molecule has 2 aromatic carbocycles. The van der Waals surface area contributed by atoms with Crippen molar-refractivity contribution >= 4 is 23.2 Å². The number of amides is 1. The third-order valence-corrected chi connectivity index (χ3v) is 4.35. The Morgan fingerprint density at radius 3 is 2.36 bits per heavy atom. The van der Waals surface area contributed by atoms with Crippen LogP contribution in [0.1, 0.15) is 21.6 Å². The predicted molar refractivity (Wildman–Crippen MR) is 104 cm³/mol. The molecule has 1 heterocycles. The Balaban J connectivity index is 1.90. The van der Waals surface area contributed by atoms with Gasteiger partial charge in [-0.1, -0.05) is 11.6 Å². The Morgan fingerprint density at radius 1 is 1.12 bits per heavy atom. The maximum atomic E-state index is 13.7. The third kappa shape index (κ3) is 5.75. The molecule has 13 heteroatoms. The van der Waals surface area contributed by atoms with E-state index in [1.54, 1.807) is 6.07 Å². The fraction of sp³-hybridized carbons (Fsp3) is 0.150. The molecular formula is C20H11ClF6N4O2. The van der Waals surface area contributed by atoms with Crippen LogP contribution in [-0.4, -0.2) is 28.5 Å². The predicted octanol–water partition coefficient (Wildman–Crippen LogP) is 5.61. The number of ether oxygens (including phenoxy) is 1. The van der Waals surface area contributed by atoms with Gasteiger partial charge in [0.05, 0.1) is 23.0 Å². The summed E-state index contributed by atoms with van der Waals surface area (Å²) < 4.78 is 83.2. The second kappa shape index (κ2) is 9.03. The van der Waals surface area contributed by atoms with Crippen molar-refractivity contribution in [2.75, 3.05) is 11.9 Å². The van der Waals surface area contributed by atoms with Crippen molar-refractivity contribution in [2.45, 2.75) is 12.4 Å². The molecule has 0 aliphatic heterocycles. The van der Waals surface area contributed by atoms with Gasteiger partial charge in [-0.15, -0.1) is 0 Å². The molecule has 0 atom stereocenters. The second-order valence-corrected chi connectivity index (χ2v) is 6.91. The van der Waals surface area contributed by atoms with Gasteiger partial charge in [-0.05, 0) is 42.5 Å². The highest BCUT2D eigenvalue weighted by atomic mass is 35.5. The number of benzene rings is 2. The lowest BCUT2D eigenvalue weighted by atomic mass is 10.1. The van der Waals surface area contributed by atoms with Crippen LogP contribution >= 0.6 is 11.6 Å². The zero-order valence-corrected chi connectivity index (χ0v) is 16.9. The van der Waals surface area contributed by atoms with Crippen molar-refractivity contribution in [1.29, 1.82) is 5.26 Å². The summed E-state index contributed by atoms with van der Waals surface area (Å²) in [6.45, 7) is -1.65. The maximum absolute atomic E-state index is 13.7. The van der Waals surface area contributed by atoms with Crippen LogP contribution in [0.4, 0.5) is 32.0 Å². The summed E-state index contributed by atoms with van der Waals surface area (Å²) in [5, 5.41) is 15.2. The Labute approximate surface area is 186 Å². The van der Waals surface area contributed by atoms with E-state index in [-0.39, 0.29) is 22.0 Å². The summed E-state index contributed by atoms with van der Waals surface area (Å²) >= 11 is 5.75. The van der Waals surface area contributed by atoms with Gasteiger partial charge in [-0.25, -0.2) is 4.68 Å². The van der Waals surface area contributed by atoms with Crippen LogP contribution in [0, 0.1) is 11.3 Å². The molecule has 1 amide bonds. The number of aromatic nitrogens is 2. The topological polar surface area (TPSA) is 79.9 Å². The van der Waals surface area contributed by atoms with Crippen molar-refractivity contribution in [3.05, 3.63) is 70.5 Å². The van der Waals surface area contributed by atoms with Gasteiger partial charge in [-0.2, -0.15) is 36.7 Å². The fourth-order valence-electron chi connectivity index (χ4n) is 2.74. The van der Waals surface area contributed by atoms with E-state index in [0.717, 1.165) is 24.4 Å². The van der Waals surface area contributed by atoms with E-state index in [1.807, 2.05) is 0 Å². The SMILES string of the molecule is N#Cc1cc(NC(=O)c2cnn(-c3ccc(Cl)cc3)c2C(F)(F)F)ccc1OCC(F)(F)F. The van der Waals surface area contributed by atoms with Gasteiger partial charge >= 0.3 is 12.4 Å². The summed E-state index contributed by atoms with van der Waals surface area (Å²) in [5.41, 5.74) is -2.65. The summed E-state index contributed by atoms with van der Waals surface area (Å²) in [4.78, 5) is 12.6. The molecule has 1 aromatic heterocycles. The molecule has 172 valence electrons. The van der Waals surface area contributed by atoms with Crippen molar-refractivity contribution < 1.29 is 35.9 Å². The highest BCUT2D eigenvalue weighted by Gasteiger charge is 2.40. The first-order chi connectivity index (χ1) is 15.4. The first kappa shape index (κ1) is 23.9. The van der Waals surface area contributed by atoms with Gasteiger partial charge in [0.2, 0.25) is 0 Å². The largest absolute Gasteiger partial charge is 0.483 e. The number of carbonyl (C=O) groups excluding carboxylic acids is 1. The number of anilines is 1. The average Bonchev–Trinajstić information content (AvgIpc) is 3.18. The van der Waals surface area contributed by atoms with Crippen molar-refractivity contribution in [1.82, 2.24) is 9.78 Å². The Hall–Kier alpha value is -3.72. The molecule has 1 N–H and O–H groups in total. The standard InChI is InChI=1S/C20H11ClF6N4O2/c21-12-1-4-14(5-2-12)31-17(20(25,26)27)15(9-29-31)18(32)30-13-3-6-16(11(7-13)8-28)33-10-19(22,23)24/h1-7,9H,10H2,(H,30,32). The molecule has 6 nitrogen and oxygen atoms in total. The van der Waals surface area contributed by atoms with Crippen LogP contribution in [0.15, 0.2) is 48.7 Å². The van der Waals surface area contributed by atoms with E-state index in [1.165, 1.54) is 24.3 Å². The zero-order chi connectivity index (χ0) is 24.4. The van der Waals surface area contributed by atoms with E-state index < -0.39 is 41.9 Å². The third-order valence-electron chi connectivity index (χ3n) is 4.10. The van der Waals surface area contributed by atoms with Crippen LogP contribution in [0.3, 0.4) is 0 Å². The van der Waals surface area contributed by atoms with E-state index in [4.69, 9.17) is 16.9 Å². The molecule has 0 saturated heterocycles. The number of alkyl halides is 6. The molecule has 0 radical (unpaired) electrons. The monoisotopic (exact) mass is 488 g/mol. The molecule has 0 bridgehead atoms. The summed E-state index contributed by atoms with van der Waals surface area (Å²) in [6.07, 6.45) is -8.88. The minimum atomic E-state index is -4.96. The van der Waals surface area contributed by atoms with Gasteiger partial charge < -0.3 is 10.1 Å². The summed E-state index contributed by atoms with van der Waals surface area (Å²) in [6, 6.07) is 9.91. The normalized spacial score (nSPS) is 11.7. The van der Waals surface area contributed by atoms with Gasteiger partial charge in [0.25, 0.3) is 5.91 Å². The van der Waals surface area contributed by atoms with Crippen LogP contribution < -0.4 is 10.1 Å². The smallest absolute Gasteiger partial charge is 0.434 e. The molecule has 0 aliphatic rings. The van der Waals surface area contributed by atoms with Crippen LogP contribution in [-0.2, 0) is 6.18 Å². The van der Waals surface area contributed by atoms with E-state index in [9.17, 15) is 31.1 Å². The van der Waals surface area contributed by atoms with Gasteiger partial charge in [0.15, 0.2) is 12.3 Å². The lowest BCUT2D eigenvalue weighted by Crippen LogP contribution is -2.21. The summed E-state index contributed by atoms with van der Waals surface area (Å²) in [7, 11) is 0. The molecule has 0 fully saturated rings. The van der Waals surface area contributed by atoms with Crippen LogP contribution in [0.5, 0.6) is 5.75 Å². The highest BCUT2D eigenvalue weighted by Crippen LogP contribution is 2.34. The van der Waals surface area contributed by atoms with Crippen molar-refractivity contribution in [2.24, 2.45) is 0 Å². The Kier molecular flexibility index (Phi) is 6.55. The Bertz CT molecular complexity index is 1210. The molecule has 0 saturated carbocycles. The van der Waals surface area contributed by atoms with Crippen molar-refractivity contribution in [3.63, 3.8) is 0 Å². The first-order valence-electron chi connectivity index (χ1n) is 8.85. The molecule has 0 aliphatic carbocycles. The number of nitriles is 1. The molecule has 3 aromatic rings. The van der Waals surface area contributed by atoms with Crippen LogP contribution in [0.25, 0.3) is 5.69 Å². The number of halogens is 7. The van der Waals surface area contributed by atoms with Crippen molar-refractivity contribution in [3.8, 4) is 17.5 Å². The second-order valence-electron chi connectivity index (χ2n) is 6.47. The lowest BCUT2D eigenvalue weighted by molar-refractivity contribution is -0.153. The Morgan fingerprint density at radius 2 is 1.79 bits per heavy atom. The zero-order valence-electron chi connectivity index (χ0n) is 16.1. The summed E-state index contributed by atoms with van der Waals surface area (Å²) in [5.74, 6) is -1.60. The number of hydrogen-bond acceptors (Lipinski definition) is 4. The fourth-order valence-corrected chi connectivity index (χ4v) is 2.87. The molecule has 3 rings (SSSR count). The average molecular weight is 489 g/mol. The molecule has 0 unspecified atom stereocenters. The first-order valence-corrected chi connectivity index (χ1v) is 9.23. The number of rotatable bonds is 5. The number of nitrogens with one attached hydrogen (secondary N) is 1. The number of hydrogen-bond donors (Lipinski definition) is 1. The number of nitrogens with zero attached hydrogens (tertiary/aromatic N) is 3. The molecule has 0 spiro atoms. The van der Waals surface area contributed by atoms with Gasteiger partial charge in [0.1, 0.15) is 11.8 Å². The number of carbonyl (C=O) groups is 1. The minimum Gasteiger partial charge on any atom is -0.483 e. The van der Waals surface area contributed by atoms with E-state index in [2.05, 4.69) is 15.2 Å². The highest BCUT2D eigenvalue weighted by molar-refractivity contribution is 6.30. The van der Waals surface area contributed by atoms with Gasteiger partial charge in [-0.3, -0.25) is 4.79 Å². The molecule has 33 heavy (non-hydrogen) atoms. The van der Waals surface area contributed by atoms with Crippen LogP contribution in [0.2, 0.25) is 5.02 Å². The van der Waals surface area contributed by atoms with E-state index >= 15 is 0 Å². The van der Waals surface area contributed by atoms with E-state index in [0.29, 0.717) is 4.68 Å². The maximum Gasteiger partial charge on any atom is 0.434 e.